The first-order chi connectivity index (χ1) is 13.6. The highest BCUT2D eigenvalue weighted by Gasteiger charge is 2.35. The van der Waals surface area contributed by atoms with Gasteiger partial charge in [0.15, 0.2) is 0 Å². The Morgan fingerprint density at radius 1 is 1.25 bits per heavy atom. The first-order valence-corrected chi connectivity index (χ1v) is 9.17. The second kappa shape index (κ2) is 7.77. The fraction of sp³-hybridized carbons (Fsp3) is 0.300. The van der Waals surface area contributed by atoms with E-state index in [0.717, 1.165) is 10.5 Å². The van der Waals surface area contributed by atoms with E-state index >= 15 is 0 Å². The van der Waals surface area contributed by atoms with Gasteiger partial charge in [0.2, 0.25) is 11.8 Å². The maximum Gasteiger partial charge on any atom is 0.328 e. The number of pyridine rings is 1. The van der Waals surface area contributed by atoms with Crippen LogP contribution in [-0.2, 0) is 14.3 Å². The summed E-state index contributed by atoms with van der Waals surface area (Å²) < 4.78 is 5.75. The van der Waals surface area contributed by atoms with Crippen molar-refractivity contribution in [2.45, 2.75) is 18.9 Å². The minimum Gasteiger partial charge on any atom is -0.373 e. The van der Waals surface area contributed by atoms with E-state index in [2.05, 4.69) is 15.6 Å². The van der Waals surface area contributed by atoms with Crippen molar-refractivity contribution in [2.24, 2.45) is 5.92 Å². The fourth-order valence-corrected chi connectivity index (χ4v) is 3.53. The first kappa shape index (κ1) is 18.1. The molecule has 0 spiro atoms. The van der Waals surface area contributed by atoms with Gasteiger partial charge in [-0.2, -0.15) is 0 Å². The minimum absolute atomic E-state index is 0.169. The molecule has 8 nitrogen and oxygen atoms in total. The van der Waals surface area contributed by atoms with E-state index in [1.54, 1.807) is 36.7 Å². The molecule has 2 N–H and O–H groups in total. The quantitative estimate of drug-likeness (QED) is 0.847. The molecule has 2 aliphatic rings. The average Bonchev–Trinajstić information content (AvgIpc) is 3.19. The average molecular weight is 380 g/mol. The zero-order valence-electron chi connectivity index (χ0n) is 15.1. The maximum absolute atomic E-state index is 12.8. The summed E-state index contributed by atoms with van der Waals surface area (Å²) in [7, 11) is 0. The molecule has 8 heteroatoms. The van der Waals surface area contributed by atoms with Crippen LogP contribution in [0.25, 0.3) is 0 Å². The molecule has 2 aromatic rings. The molecule has 1 aromatic carbocycles. The van der Waals surface area contributed by atoms with Gasteiger partial charge in [0.25, 0.3) is 0 Å². The SMILES string of the molecule is O=C(Nc1cccc(N2C(=O)CCNC2=O)c1)[C@H]1CCO[C@@H]1c1cccnc1. The topological polar surface area (TPSA) is 101 Å². The van der Waals surface area contributed by atoms with Crippen LogP contribution < -0.4 is 15.5 Å². The summed E-state index contributed by atoms with van der Waals surface area (Å²) in [6, 6.07) is 9.96. The molecule has 144 valence electrons. The number of amides is 4. The summed E-state index contributed by atoms with van der Waals surface area (Å²) in [5, 5.41) is 5.53. The third kappa shape index (κ3) is 3.59. The third-order valence-corrected chi connectivity index (χ3v) is 4.88. The van der Waals surface area contributed by atoms with Crippen molar-refractivity contribution in [3.63, 3.8) is 0 Å². The molecule has 0 radical (unpaired) electrons. The van der Waals surface area contributed by atoms with Crippen molar-refractivity contribution in [3.8, 4) is 0 Å². The molecule has 2 saturated heterocycles. The normalized spacial score (nSPS) is 22.1. The molecule has 2 atom stereocenters. The van der Waals surface area contributed by atoms with Crippen molar-refractivity contribution < 1.29 is 19.1 Å². The van der Waals surface area contributed by atoms with Gasteiger partial charge >= 0.3 is 6.03 Å². The van der Waals surface area contributed by atoms with Crippen LogP contribution in [-0.4, -0.2) is 36.0 Å². The van der Waals surface area contributed by atoms with Crippen LogP contribution in [0.3, 0.4) is 0 Å². The van der Waals surface area contributed by atoms with Crippen LogP contribution in [0.5, 0.6) is 0 Å². The molecule has 2 aliphatic heterocycles. The highest BCUT2D eigenvalue weighted by molar-refractivity contribution is 6.16. The van der Waals surface area contributed by atoms with Gasteiger partial charge in [0, 0.05) is 37.7 Å². The van der Waals surface area contributed by atoms with Gasteiger partial charge in [0.1, 0.15) is 0 Å². The zero-order valence-corrected chi connectivity index (χ0v) is 15.1. The molecular formula is C20H20N4O4. The summed E-state index contributed by atoms with van der Waals surface area (Å²) in [4.78, 5) is 42.2. The number of hydrogen-bond donors (Lipinski definition) is 2. The van der Waals surface area contributed by atoms with Gasteiger partial charge in [-0.1, -0.05) is 12.1 Å². The lowest BCUT2D eigenvalue weighted by Crippen LogP contribution is -2.50. The summed E-state index contributed by atoms with van der Waals surface area (Å²) >= 11 is 0. The number of aromatic nitrogens is 1. The van der Waals surface area contributed by atoms with Crippen molar-refractivity contribution in [1.82, 2.24) is 10.3 Å². The molecular weight excluding hydrogens is 360 g/mol. The van der Waals surface area contributed by atoms with Crippen molar-refractivity contribution >= 4 is 29.2 Å². The number of rotatable bonds is 4. The van der Waals surface area contributed by atoms with E-state index in [0.29, 0.717) is 30.9 Å². The van der Waals surface area contributed by atoms with Crippen molar-refractivity contribution in [1.29, 1.82) is 0 Å². The molecule has 1 aromatic heterocycles. The lowest BCUT2D eigenvalue weighted by Gasteiger charge is -2.26. The van der Waals surface area contributed by atoms with Gasteiger partial charge in [0.05, 0.1) is 17.7 Å². The molecule has 0 unspecified atom stereocenters. The molecule has 2 fully saturated rings. The Morgan fingerprint density at radius 3 is 2.93 bits per heavy atom. The Hall–Kier alpha value is -3.26. The van der Waals surface area contributed by atoms with Crippen LogP contribution >= 0.6 is 0 Å². The summed E-state index contributed by atoms with van der Waals surface area (Å²) in [6.07, 6.45) is 3.90. The lowest BCUT2D eigenvalue weighted by atomic mass is 9.95. The highest BCUT2D eigenvalue weighted by atomic mass is 16.5. The Labute approximate surface area is 161 Å². The molecule has 0 saturated carbocycles. The van der Waals surface area contributed by atoms with Gasteiger partial charge in [-0.25, -0.2) is 9.69 Å². The Morgan fingerprint density at radius 2 is 2.14 bits per heavy atom. The minimum atomic E-state index is -0.458. The third-order valence-electron chi connectivity index (χ3n) is 4.88. The van der Waals surface area contributed by atoms with Gasteiger partial charge in [-0.15, -0.1) is 0 Å². The number of nitrogens with zero attached hydrogens (tertiary/aromatic N) is 2. The number of urea groups is 1. The van der Waals surface area contributed by atoms with Crippen molar-refractivity contribution in [3.05, 3.63) is 54.4 Å². The van der Waals surface area contributed by atoms with E-state index in [-0.39, 0.29) is 30.3 Å². The standard InChI is InChI=1S/C20H20N4O4/c25-17-6-9-22-20(27)24(17)15-5-1-4-14(11-15)23-19(26)16-7-10-28-18(16)13-3-2-8-21-12-13/h1-5,8,11-12,16,18H,6-7,9-10H2,(H,22,27)(H,23,26)/t16-,18+/m0/s1. The summed E-state index contributed by atoms with van der Waals surface area (Å²) in [5.41, 5.74) is 1.81. The fourth-order valence-electron chi connectivity index (χ4n) is 3.53. The number of carbonyl (C=O) groups is 3. The Bertz CT molecular complexity index is 886. The second-order valence-corrected chi connectivity index (χ2v) is 6.72. The maximum atomic E-state index is 12.8. The molecule has 3 heterocycles. The van der Waals surface area contributed by atoms with Crippen LogP contribution in [0, 0.1) is 5.92 Å². The second-order valence-electron chi connectivity index (χ2n) is 6.72. The predicted octanol–water partition coefficient (Wildman–Crippen LogP) is 2.24. The van der Waals surface area contributed by atoms with E-state index in [1.165, 1.54) is 0 Å². The van der Waals surface area contributed by atoms with E-state index in [9.17, 15) is 14.4 Å². The number of carbonyl (C=O) groups excluding carboxylic acids is 3. The number of imide groups is 1. The molecule has 0 aliphatic carbocycles. The number of hydrogen-bond acceptors (Lipinski definition) is 5. The predicted molar refractivity (Wildman–Crippen MR) is 102 cm³/mol. The van der Waals surface area contributed by atoms with Gasteiger partial charge in [-0.05, 0) is 36.2 Å². The highest BCUT2D eigenvalue weighted by Crippen LogP contribution is 2.35. The van der Waals surface area contributed by atoms with E-state index in [4.69, 9.17) is 4.74 Å². The smallest absolute Gasteiger partial charge is 0.328 e. The van der Waals surface area contributed by atoms with Crippen LogP contribution in [0.1, 0.15) is 24.5 Å². The van der Waals surface area contributed by atoms with Crippen molar-refractivity contribution in [2.75, 3.05) is 23.4 Å². The summed E-state index contributed by atoms with van der Waals surface area (Å²) in [6.45, 7) is 0.835. The van der Waals surface area contributed by atoms with Crippen LogP contribution in [0.2, 0.25) is 0 Å². The molecule has 28 heavy (non-hydrogen) atoms. The summed E-state index contributed by atoms with van der Waals surface area (Å²) in [5.74, 6) is -0.779. The van der Waals surface area contributed by atoms with Gasteiger partial charge in [-0.3, -0.25) is 14.6 Å². The monoisotopic (exact) mass is 380 g/mol. The number of anilines is 2. The number of benzene rings is 1. The molecule has 0 bridgehead atoms. The van der Waals surface area contributed by atoms with Gasteiger partial charge < -0.3 is 15.4 Å². The zero-order chi connectivity index (χ0) is 19.5. The van der Waals surface area contributed by atoms with E-state index in [1.807, 2.05) is 12.1 Å². The number of ether oxygens (including phenoxy) is 1. The lowest BCUT2D eigenvalue weighted by molar-refractivity contribution is -0.121. The molecule has 4 rings (SSSR count). The largest absolute Gasteiger partial charge is 0.373 e. The number of nitrogens with one attached hydrogen (secondary N) is 2. The van der Waals surface area contributed by atoms with Crippen LogP contribution in [0.4, 0.5) is 16.2 Å². The first-order valence-electron chi connectivity index (χ1n) is 9.17. The van der Waals surface area contributed by atoms with E-state index < -0.39 is 6.03 Å². The Balaban J connectivity index is 1.50. The van der Waals surface area contributed by atoms with Crippen LogP contribution in [0.15, 0.2) is 48.8 Å². The molecule has 4 amide bonds. The Kier molecular flexibility index (Phi) is 5.03.